The van der Waals surface area contributed by atoms with E-state index in [1.165, 1.54) is 11.5 Å². The van der Waals surface area contributed by atoms with Gasteiger partial charge in [-0.15, -0.1) is 0 Å². The second-order valence-electron chi connectivity index (χ2n) is 3.83. The van der Waals surface area contributed by atoms with Gasteiger partial charge in [0.05, 0.1) is 11.6 Å². The Hall–Kier alpha value is -0.680. The molecule has 0 radical (unpaired) electrons. The molecule has 5 heteroatoms. The summed E-state index contributed by atoms with van der Waals surface area (Å²) in [6, 6.07) is 0. The maximum Gasteiger partial charge on any atom is 0.205 e. The summed E-state index contributed by atoms with van der Waals surface area (Å²) in [5.74, 6) is 0. The molecule has 1 aliphatic heterocycles. The van der Waals surface area contributed by atoms with E-state index in [9.17, 15) is 5.11 Å². The minimum atomic E-state index is -0.267. The zero-order valence-electron chi connectivity index (χ0n) is 7.77. The molecule has 1 aliphatic rings. The van der Waals surface area contributed by atoms with E-state index in [1.807, 2.05) is 13.8 Å². The van der Waals surface area contributed by atoms with Gasteiger partial charge in [0.2, 0.25) is 5.13 Å². The highest BCUT2D eigenvalue weighted by Gasteiger charge is 2.41. The molecule has 1 aromatic rings. The third kappa shape index (κ3) is 1.32. The van der Waals surface area contributed by atoms with Crippen LogP contribution in [0.25, 0.3) is 0 Å². The summed E-state index contributed by atoms with van der Waals surface area (Å²) in [6.07, 6.45) is 2.10. The summed E-state index contributed by atoms with van der Waals surface area (Å²) in [7, 11) is 0. The minimum absolute atomic E-state index is 0.209. The largest absolute Gasteiger partial charge is 0.391 e. The molecule has 1 saturated heterocycles. The van der Waals surface area contributed by atoms with Gasteiger partial charge in [-0.1, -0.05) is 0 Å². The van der Waals surface area contributed by atoms with Gasteiger partial charge in [-0.2, -0.15) is 4.37 Å². The number of anilines is 1. The molecule has 72 valence electrons. The molecular weight excluding hydrogens is 186 g/mol. The van der Waals surface area contributed by atoms with Gasteiger partial charge in [-0.3, -0.25) is 0 Å². The van der Waals surface area contributed by atoms with E-state index in [0.717, 1.165) is 18.1 Å². The number of aromatic nitrogens is 2. The summed E-state index contributed by atoms with van der Waals surface area (Å²) in [4.78, 5) is 6.27. The Balaban J connectivity index is 2.27. The lowest BCUT2D eigenvalue weighted by molar-refractivity contribution is 0.127. The van der Waals surface area contributed by atoms with Crippen LogP contribution in [0.15, 0.2) is 6.33 Å². The molecule has 13 heavy (non-hydrogen) atoms. The maximum atomic E-state index is 9.74. The fourth-order valence-corrected chi connectivity index (χ4v) is 2.41. The number of aliphatic hydroxyl groups excluding tert-OH is 1. The number of hydrogen-bond acceptors (Lipinski definition) is 5. The summed E-state index contributed by atoms with van der Waals surface area (Å²) in [5.41, 5.74) is -0.209. The molecule has 1 unspecified atom stereocenters. The van der Waals surface area contributed by atoms with Crippen LogP contribution in [0.1, 0.15) is 20.3 Å². The normalized spacial score (nSPS) is 26.7. The molecule has 1 fully saturated rings. The summed E-state index contributed by atoms with van der Waals surface area (Å²) >= 11 is 1.38. The molecule has 1 atom stereocenters. The molecular formula is C8H13N3OS. The van der Waals surface area contributed by atoms with Crippen LogP contribution in [-0.2, 0) is 0 Å². The molecule has 0 spiro atoms. The second-order valence-corrected chi connectivity index (χ2v) is 4.59. The van der Waals surface area contributed by atoms with Crippen LogP contribution in [-0.4, -0.2) is 32.7 Å². The van der Waals surface area contributed by atoms with Gasteiger partial charge in [0.15, 0.2) is 0 Å². The monoisotopic (exact) mass is 199 g/mol. The van der Waals surface area contributed by atoms with Crippen molar-refractivity contribution in [3.63, 3.8) is 0 Å². The van der Waals surface area contributed by atoms with Gasteiger partial charge in [-0.25, -0.2) is 4.98 Å². The van der Waals surface area contributed by atoms with E-state index in [4.69, 9.17) is 0 Å². The van der Waals surface area contributed by atoms with Crippen molar-refractivity contribution >= 4 is 16.7 Å². The molecule has 0 aliphatic carbocycles. The first-order chi connectivity index (χ1) is 6.12. The molecule has 0 amide bonds. The smallest absolute Gasteiger partial charge is 0.205 e. The number of hydrogen-bond donors (Lipinski definition) is 1. The summed E-state index contributed by atoms with van der Waals surface area (Å²) in [6.45, 7) is 4.93. The quantitative estimate of drug-likeness (QED) is 0.729. The van der Waals surface area contributed by atoms with Crippen molar-refractivity contribution in [3.8, 4) is 0 Å². The van der Waals surface area contributed by atoms with Crippen molar-refractivity contribution in [1.82, 2.24) is 9.36 Å². The summed E-state index contributed by atoms with van der Waals surface area (Å²) < 4.78 is 3.96. The Morgan fingerprint density at radius 3 is 2.92 bits per heavy atom. The molecule has 2 rings (SSSR count). The topological polar surface area (TPSA) is 49.2 Å². The van der Waals surface area contributed by atoms with E-state index < -0.39 is 0 Å². The van der Waals surface area contributed by atoms with Crippen LogP contribution in [0.2, 0.25) is 0 Å². The lowest BCUT2D eigenvalue weighted by Crippen LogP contribution is -2.45. The highest BCUT2D eigenvalue weighted by Crippen LogP contribution is 2.33. The fraction of sp³-hybridized carbons (Fsp3) is 0.750. The third-order valence-corrected chi connectivity index (χ3v) is 3.41. The Bertz CT molecular complexity index is 286. The zero-order valence-corrected chi connectivity index (χ0v) is 8.58. The van der Waals surface area contributed by atoms with Gasteiger partial charge < -0.3 is 10.0 Å². The van der Waals surface area contributed by atoms with Gasteiger partial charge in [0.1, 0.15) is 6.33 Å². The second kappa shape index (κ2) is 2.92. The average molecular weight is 199 g/mol. The summed E-state index contributed by atoms with van der Waals surface area (Å²) in [5, 5.41) is 10.6. The molecule has 0 aromatic carbocycles. The lowest BCUT2D eigenvalue weighted by atomic mass is 9.99. The van der Waals surface area contributed by atoms with Gasteiger partial charge in [0.25, 0.3) is 0 Å². The van der Waals surface area contributed by atoms with Crippen molar-refractivity contribution in [2.45, 2.75) is 31.9 Å². The minimum Gasteiger partial charge on any atom is -0.391 e. The zero-order chi connectivity index (χ0) is 9.47. The molecule has 4 nitrogen and oxygen atoms in total. The van der Waals surface area contributed by atoms with Crippen molar-refractivity contribution in [1.29, 1.82) is 0 Å². The van der Waals surface area contributed by atoms with Crippen molar-refractivity contribution in [2.24, 2.45) is 0 Å². The Morgan fingerprint density at radius 2 is 2.46 bits per heavy atom. The van der Waals surface area contributed by atoms with Crippen LogP contribution < -0.4 is 4.90 Å². The van der Waals surface area contributed by atoms with Crippen LogP contribution >= 0.6 is 11.5 Å². The van der Waals surface area contributed by atoms with Crippen molar-refractivity contribution in [2.75, 3.05) is 11.4 Å². The predicted molar refractivity (Wildman–Crippen MR) is 52.0 cm³/mol. The SMILES string of the molecule is CC1(C)C(O)CCN1c1ncns1. The highest BCUT2D eigenvalue weighted by molar-refractivity contribution is 7.09. The lowest BCUT2D eigenvalue weighted by Gasteiger charge is -2.33. The van der Waals surface area contributed by atoms with E-state index in [-0.39, 0.29) is 11.6 Å². The first kappa shape index (κ1) is 8.90. The predicted octanol–water partition coefficient (Wildman–Crippen LogP) is 0.888. The van der Waals surface area contributed by atoms with Gasteiger partial charge >= 0.3 is 0 Å². The van der Waals surface area contributed by atoms with Crippen LogP contribution in [0, 0.1) is 0 Å². The number of rotatable bonds is 1. The fourth-order valence-electron chi connectivity index (χ4n) is 1.70. The molecule has 1 aromatic heterocycles. The number of nitrogens with zero attached hydrogens (tertiary/aromatic N) is 3. The highest BCUT2D eigenvalue weighted by atomic mass is 32.1. The van der Waals surface area contributed by atoms with Crippen LogP contribution in [0.3, 0.4) is 0 Å². The first-order valence-corrected chi connectivity index (χ1v) is 5.12. The van der Waals surface area contributed by atoms with Gasteiger partial charge in [0, 0.05) is 18.1 Å². The van der Waals surface area contributed by atoms with Crippen molar-refractivity contribution in [3.05, 3.63) is 6.33 Å². The maximum absolute atomic E-state index is 9.74. The first-order valence-electron chi connectivity index (χ1n) is 4.35. The molecule has 0 saturated carbocycles. The van der Waals surface area contributed by atoms with Crippen LogP contribution in [0.4, 0.5) is 5.13 Å². The van der Waals surface area contributed by atoms with E-state index in [2.05, 4.69) is 14.3 Å². The van der Waals surface area contributed by atoms with E-state index >= 15 is 0 Å². The van der Waals surface area contributed by atoms with Crippen molar-refractivity contribution < 1.29 is 5.11 Å². The Morgan fingerprint density at radius 1 is 1.69 bits per heavy atom. The third-order valence-electron chi connectivity index (χ3n) is 2.72. The Labute approximate surface area is 81.4 Å². The molecule has 1 N–H and O–H groups in total. The Kier molecular flexibility index (Phi) is 2.00. The van der Waals surface area contributed by atoms with Crippen LogP contribution in [0.5, 0.6) is 0 Å². The molecule has 0 bridgehead atoms. The average Bonchev–Trinajstić information content (AvgIpc) is 2.62. The number of aliphatic hydroxyl groups is 1. The van der Waals surface area contributed by atoms with E-state index in [1.54, 1.807) is 6.33 Å². The van der Waals surface area contributed by atoms with E-state index in [0.29, 0.717) is 0 Å². The molecule has 2 heterocycles. The standard InChI is InChI=1S/C8H13N3OS/c1-8(2)6(12)3-4-11(8)7-9-5-10-13-7/h5-6,12H,3-4H2,1-2H3. The van der Waals surface area contributed by atoms with Gasteiger partial charge in [-0.05, 0) is 20.3 Å².